The van der Waals surface area contributed by atoms with E-state index in [-0.39, 0.29) is 0 Å². The molecule has 0 amide bonds. The van der Waals surface area contributed by atoms with Crippen molar-refractivity contribution >= 4 is 0 Å². The highest BCUT2D eigenvalue weighted by atomic mass is 16.5. The van der Waals surface area contributed by atoms with Crippen molar-refractivity contribution in [3.8, 4) is 18.1 Å². The molecule has 1 heteroatoms. The Balaban J connectivity index is 3.19. The van der Waals surface area contributed by atoms with E-state index < -0.39 is 0 Å². The van der Waals surface area contributed by atoms with Crippen molar-refractivity contribution in [2.75, 3.05) is 7.11 Å². The fourth-order valence-corrected chi connectivity index (χ4v) is 0.935. The minimum Gasteiger partial charge on any atom is -0.495 e. The Bertz CT molecular complexity index is 294. The van der Waals surface area contributed by atoms with Gasteiger partial charge >= 0.3 is 0 Å². The highest BCUT2D eigenvalue weighted by Crippen LogP contribution is 2.17. The lowest BCUT2D eigenvalue weighted by atomic mass is 10.1. The second kappa shape index (κ2) is 3.12. The zero-order valence-electron chi connectivity index (χ0n) is 6.72. The molecule has 0 spiro atoms. The largest absolute Gasteiger partial charge is 0.495 e. The molecule has 1 aromatic rings. The molecule has 56 valence electrons. The number of hydrogen-bond acceptors (Lipinski definition) is 1. The van der Waals surface area contributed by atoms with Crippen LogP contribution in [0.25, 0.3) is 0 Å². The minimum atomic E-state index is 0.762. The molecular weight excluding hydrogens is 136 g/mol. The maximum Gasteiger partial charge on any atom is 0.134 e. The third-order valence-corrected chi connectivity index (χ3v) is 1.51. The number of ether oxygens (including phenoxy) is 1. The van der Waals surface area contributed by atoms with E-state index >= 15 is 0 Å². The van der Waals surface area contributed by atoms with E-state index in [2.05, 4.69) is 5.92 Å². The van der Waals surface area contributed by atoms with Gasteiger partial charge in [0.15, 0.2) is 0 Å². The summed E-state index contributed by atoms with van der Waals surface area (Å²) in [4.78, 5) is 0. The molecule has 1 rings (SSSR count). The molecule has 0 unspecified atom stereocenters. The van der Waals surface area contributed by atoms with Gasteiger partial charge in [0.25, 0.3) is 0 Å². The van der Waals surface area contributed by atoms with Crippen LogP contribution in [0.1, 0.15) is 11.1 Å². The minimum absolute atomic E-state index is 0.762. The molecule has 1 aromatic carbocycles. The zero-order valence-corrected chi connectivity index (χ0v) is 6.72. The van der Waals surface area contributed by atoms with Crippen molar-refractivity contribution in [2.24, 2.45) is 0 Å². The predicted molar refractivity (Wildman–Crippen MR) is 45.7 cm³/mol. The van der Waals surface area contributed by atoms with Crippen LogP contribution in [0, 0.1) is 19.3 Å². The van der Waals surface area contributed by atoms with Crippen LogP contribution in [-0.4, -0.2) is 7.11 Å². The van der Waals surface area contributed by atoms with Crippen molar-refractivity contribution in [3.63, 3.8) is 0 Å². The standard InChI is InChI=1S/C10H10O/c1-4-9-7-8(2)5-6-10(9)11-3/h1,5-7H,2-3H3. The number of methoxy groups -OCH3 is 1. The van der Waals surface area contributed by atoms with E-state index in [1.54, 1.807) is 7.11 Å². The first-order valence-electron chi connectivity index (χ1n) is 3.39. The number of terminal acetylenes is 1. The Morgan fingerprint density at radius 2 is 2.18 bits per heavy atom. The molecule has 11 heavy (non-hydrogen) atoms. The smallest absolute Gasteiger partial charge is 0.134 e. The van der Waals surface area contributed by atoms with E-state index in [1.807, 2.05) is 25.1 Å². The third kappa shape index (κ3) is 1.53. The third-order valence-electron chi connectivity index (χ3n) is 1.51. The summed E-state index contributed by atoms with van der Waals surface area (Å²) in [6, 6.07) is 5.78. The second-order valence-electron chi connectivity index (χ2n) is 2.35. The normalized spacial score (nSPS) is 8.82. The highest BCUT2D eigenvalue weighted by molar-refractivity contribution is 5.46. The molecular formula is C10H10O. The van der Waals surface area contributed by atoms with Gasteiger partial charge in [-0.05, 0) is 24.6 Å². The maximum absolute atomic E-state index is 5.27. The lowest BCUT2D eigenvalue weighted by molar-refractivity contribution is 0.413. The Kier molecular flexibility index (Phi) is 2.18. The first-order chi connectivity index (χ1) is 5.27. The van der Waals surface area contributed by atoms with Crippen LogP contribution < -0.4 is 4.74 Å². The quantitative estimate of drug-likeness (QED) is 0.550. The summed E-state index contributed by atoms with van der Waals surface area (Å²) < 4.78 is 5.05. The van der Waals surface area contributed by atoms with Crippen molar-refractivity contribution in [1.29, 1.82) is 0 Å². The molecule has 1 nitrogen and oxygen atoms in total. The van der Waals surface area contributed by atoms with Crippen molar-refractivity contribution < 1.29 is 4.74 Å². The molecule has 0 bridgehead atoms. The van der Waals surface area contributed by atoms with Gasteiger partial charge in [-0.2, -0.15) is 0 Å². The SMILES string of the molecule is C#Cc1cc(C)ccc1OC. The number of hydrogen-bond donors (Lipinski definition) is 0. The van der Waals surface area contributed by atoms with Gasteiger partial charge in [0.05, 0.1) is 12.7 Å². The van der Waals surface area contributed by atoms with Gasteiger partial charge in [-0.3, -0.25) is 0 Å². The monoisotopic (exact) mass is 146 g/mol. The Morgan fingerprint density at radius 3 is 2.73 bits per heavy atom. The van der Waals surface area contributed by atoms with Crippen molar-refractivity contribution in [3.05, 3.63) is 29.3 Å². The molecule has 0 aliphatic carbocycles. The van der Waals surface area contributed by atoms with Crippen LogP contribution in [-0.2, 0) is 0 Å². The topological polar surface area (TPSA) is 9.23 Å². The van der Waals surface area contributed by atoms with Gasteiger partial charge in [0, 0.05) is 0 Å². The van der Waals surface area contributed by atoms with E-state index in [0.717, 1.165) is 16.9 Å². The maximum atomic E-state index is 5.27. The second-order valence-corrected chi connectivity index (χ2v) is 2.35. The highest BCUT2D eigenvalue weighted by Gasteiger charge is 1.97. The average molecular weight is 146 g/mol. The summed E-state index contributed by atoms with van der Waals surface area (Å²) in [6.45, 7) is 2.00. The fourth-order valence-electron chi connectivity index (χ4n) is 0.935. The summed E-state index contributed by atoms with van der Waals surface area (Å²) in [6.07, 6.45) is 5.27. The number of benzene rings is 1. The molecule has 0 saturated heterocycles. The van der Waals surface area contributed by atoms with Crippen LogP contribution in [0.4, 0.5) is 0 Å². The van der Waals surface area contributed by atoms with Gasteiger partial charge in [0.1, 0.15) is 5.75 Å². The molecule has 0 radical (unpaired) electrons. The van der Waals surface area contributed by atoms with Crippen LogP contribution in [0.15, 0.2) is 18.2 Å². The predicted octanol–water partition coefficient (Wildman–Crippen LogP) is 1.98. The summed E-state index contributed by atoms with van der Waals surface area (Å²) in [7, 11) is 1.62. The van der Waals surface area contributed by atoms with Crippen LogP contribution >= 0.6 is 0 Å². The first-order valence-corrected chi connectivity index (χ1v) is 3.39. The summed E-state index contributed by atoms with van der Waals surface area (Å²) >= 11 is 0. The van der Waals surface area contributed by atoms with Crippen molar-refractivity contribution in [1.82, 2.24) is 0 Å². The van der Waals surface area contributed by atoms with Crippen molar-refractivity contribution in [2.45, 2.75) is 6.92 Å². The Morgan fingerprint density at radius 1 is 1.45 bits per heavy atom. The molecule has 0 atom stereocenters. The fraction of sp³-hybridized carbons (Fsp3) is 0.200. The molecule has 0 aliphatic heterocycles. The first kappa shape index (κ1) is 7.68. The number of aryl methyl sites for hydroxylation is 1. The van der Waals surface area contributed by atoms with Crippen LogP contribution in [0.5, 0.6) is 5.75 Å². The Labute approximate surface area is 67.0 Å². The average Bonchev–Trinajstić information content (AvgIpc) is 2.04. The molecule has 0 heterocycles. The summed E-state index contributed by atoms with van der Waals surface area (Å²) in [5, 5.41) is 0. The van der Waals surface area contributed by atoms with Gasteiger partial charge in [-0.25, -0.2) is 0 Å². The van der Waals surface area contributed by atoms with E-state index in [4.69, 9.17) is 11.2 Å². The molecule has 0 saturated carbocycles. The van der Waals surface area contributed by atoms with Gasteiger partial charge < -0.3 is 4.74 Å². The van der Waals surface area contributed by atoms with Crippen LogP contribution in [0.2, 0.25) is 0 Å². The Hall–Kier alpha value is -1.42. The van der Waals surface area contributed by atoms with Gasteiger partial charge in [0.2, 0.25) is 0 Å². The van der Waals surface area contributed by atoms with E-state index in [9.17, 15) is 0 Å². The van der Waals surface area contributed by atoms with Gasteiger partial charge in [-0.1, -0.05) is 12.0 Å². The number of rotatable bonds is 1. The van der Waals surface area contributed by atoms with E-state index in [1.165, 1.54) is 0 Å². The lowest BCUT2D eigenvalue weighted by Crippen LogP contribution is -1.87. The summed E-state index contributed by atoms with van der Waals surface area (Å²) in [5.74, 6) is 3.32. The van der Waals surface area contributed by atoms with Gasteiger partial charge in [-0.15, -0.1) is 6.42 Å². The molecule has 0 aromatic heterocycles. The zero-order chi connectivity index (χ0) is 8.27. The van der Waals surface area contributed by atoms with Crippen LogP contribution in [0.3, 0.4) is 0 Å². The molecule has 0 aliphatic rings. The summed E-state index contributed by atoms with van der Waals surface area (Å²) in [5.41, 5.74) is 1.96. The molecule has 0 fully saturated rings. The lowest BCUT2D eigenvalue weighted by Gasteiger charge is -2.02. The van der Waals surface area contributed by atoms with E-state index in [0.29, 0.717) is 0 Å². The molecule has 0 N–H and O–H groups in total.